The number of aromatic nitrogens is 1. The Morgan fingerprint density at radius 1 is 1.38 bits per heavy atom. The summed E-state index contributed by atoms with van der Waals surface area (Å²) in [7, 11) is 0. The predicted octanol–water partition coefficient (Wildman–Crippen LogP) is 3.62. The van der Waals surface area contributed by atoms with E-state index >= 15 is 0 Å². The number of rotatable bonds is 0. The second kappa shape index (κ2) is 3.42. The van der Waals surface area contributed by atoms with Gasteiger partial charge in [0.1, 0.15) is 5.52 Å². The first kappa shape index (κ1) is 11.3. The van der Waals surface area contributed by atoms with E-state index in [-0.39, 0.29) is 11.2 Å². The van der Waals surface area contributed by atoms with Gasteiger partial charge in [-0.3, -0.25) is 0 Å². The Hall–Kier alpha value is -1.16. The van der Waals surface area contributed by atoms with Crippen molar-refractivity contribution in [1.29, 1.82) is 0 Å². The second-order valence-corrected chi connectivity index (χ2v) is 6.06. The van der Waals surface area contributed by atoms with Crippen molar-refractivity contribution in [3.63, 3.8) is 0 Å². The smallest absolute Gasteiger partial charge is 0.181 e. The van der Waals surface area contributed by atoms with E-state index in [0.29, 0.717) is 10.6 Å². The Kier molecular flexibility index (Phi) is 2.42. The van der Waals surface area contributed by atoms with Crippen molar-refractivity contribution < 1.29 is 4.39 Å². The largest absolute Gasteiger partial charge is 0.375 e. The van der Waals surface area contributed by atoms with E-state index in [1.165, 1.54) is 11.3 Å². The van der Waals surface area contributed by atoms with Gasteiger partial charge >= 0.3 is 0 Å². The van der Waals surface area contributed by atoms with Crippen LogP contribution in [0.3, 0.4) is 0 Å². The van der Waals surface area contributed by atoms with Crippen LogP contribution in [0.4, 0.5) is 9.52 Å². The summed E-state index contributed by atoms with van der Waals surface area (Å²) >= 11 is 1.36. The average molecular weight is 238 g/mol. The van der Waals surface area contributed by atoms with Gasteiger partial charge in [0.05, 0.1) is 4.70 Å². The lowest BCUT2D eigenvalue weighted by atomic mass is 9.84. The van der Waals surface area contributed by atoms with Gasteiger partial charge in [0.25, 0.3) is 0 Å². The minimum atomic E-state index is -0.284. The molecule has 0 bridgehead atoms. The average Bonchev–Trinajstić information content (AvgIpc) is 2.43. The molecule has 0 spiro atoms. The maximum Gasteiger partial charge on any atom is 0.181 e. The van der Waals surface area contributed by atoms with E-state index in [4.69, 9.17) is 5.73 Å². The topological polar surface area (TPSA) is 38.9 Å². The van der Waals surface area contributed by atoms with Gasteiger partial charge in [-0.15, -0.1) is 0 Å². The van der Waals surface area contributed by atoms with Crippen LogP contribution in [0.1, 0.15) is 31.9 Å². The molecule has 0 unspecified atom stereocenters. The second-order valence-electron chi connectivity index (χ2n) is 5.03. The Morgan fingerprint density at radius 3 is 2.56 bits per heavy atom. The molecule has 4 heteroatoms. The van der Waals surface area contributed by atoms with Gasteiger partial charge in [0.15, 0.2) is 10.9 Å². The highest BCUT2D eigenvalue weighted by Crippen LogP contribution is 2.38. The number of halogens is 1. The Morgan fingerprint density at radius 2 is 2.00 bits per heavy atom. The first-order valence-corrected chi connectivity index (χ1v) is 5.98. The van der Waals surface area contributed by atoms with Crippen molar-refractivity contribution in [1.82, 2.24) is 4.98 Å². The zero-order chi connectivity index (χ0) is 12.1. The molecule has 0 aliphatic heterocycles. The molecule has 2 N–H and O–H groups in total. The van der Waals surface area contributed by atoms with Crippen LogP contribution in [0, 0.1) is 12.7 Å². The van der Waals surface area contributed by atoms with E-state index < -0.39 is 0 Å². The number of benzene rings is 1. The van der Waals surface area contributed by atoms with Crippen LogP contribution in [0.25, 0.3) is 10.2 Å². The van der Waals surface area contributed by atoms with Crippen LogP contribution in [0.15, 0.2) is 6.07 Å². The molecule has 0 radical (unpaired) electrons. The standard InChI is InChI=1S/C12H15FN2S/c1-6-5-7(13)9-10(16-11(14)15-9)8(6)12(2,3)4/h5H,1-4H3,(H2,14,15). The van der Waals surface area contributed by atoms with Crippen molar-refractivity contribution in [2.45, 2.75) is 33.1 Å². The molecule has 1 aromatic carbocycles. The molecular formula is C12H15FN2S. The number of fused-ring (bicyclic) bond motifs is 1. The van der Waals surface area contributed by atoms with Crippen LogP contribution in [-0.2, 0) is 5.41 Å². The number of nitrogens with two attached hydrogens (primary N) is 1. The molecule has 0 fully saturated rings. The summed E-state index contributed by atoms with van der Waals surface area (Å²) in [6.45, 7) is 8.27. The van der Waals surface area contributed by atoms with Crippen molar-refractivity contribution >= 4 is 26.7 Å². The van der Waals surface area contributed by atoms with Gasteiger partial charge in [0.2, 0.25) is 0 Å². The van der Waals surface area contributed by atoms with Gasteiger partial charge < -0.3 is 5.73 Å². The first-order chi connectivity index (χ1) is 7.30. The number of aryl methyl sites for hydroxylation is 1. The lowest BCUT2D eigenvalue weighted by molar-refractivity contribution is 0.587. The quantitative estimate of drug-likeness (QED) is 0.761. The van der Waals surface area contributed by atoms with Crippen LogP contribution < -0.4 is 5.73 Å². The van der Waals surface area contributed by atoms with E-state index in [1.54, 1.807) is 6.07 Å². The molecule has 0 saturated heterocycles. The van der Waals surface area contributed by atoms with E-state index in [9.17, 15) is 4.39 Å². The van der Waals surface area contributed by atoms with E-state index in [1.807, 2.05) is 6.92 Å². The van der Waals surface area contributed by atoms with E-state index in [0.717, 1.165) is 15.8 Å². The molecule has 0 amide bonds. The number of anilines is 1. The summed E-state index contributed by atoms with van der Waals surface area (Å²) in [6, 6.07) is 1.54. The molecule has 1 aromatic heterocycles. The fraction of sp³-hybridized carbons (Fsp3) is 0.417. The summed E-state index contributed by atoms with van der Waals surface area (Å²) in [5.74, 6) is -0.284. The predicted molar refractivity (Wildman–Crippen MR) is 67.4 cm³/mol. The Bertz CT molecular complexity index is 552. The SMILES string of the molecule is Cc1cc(F)c2nc(N)sc2c1C(C)(C)C. The monoisotopic (exact) mass is 238 g/mol. The van der Waals surface area contributed by atoms with Gasteiger partial charge in [-0.2, -0.15) is 0 Å². The Balaban J connectivity index is 2.92. The number of nitrogen functional groups attached to an aromatic ring is 1. The van der Waals surface area contributed by atoms with Gasteiger partial charge in [-0.05, 0) is 29.5 Å². The van der Waals surface area contributed by atoms with Crippen molar-refractivity contribution in [3.05, 3.63) is 23.0 Å². The highest BCUT2D eigenvalue weighted by molar-refractivity contribution is 7.22. The van der Waals surface area contributed by atoms with Crippen LogP contribution >= 0.6 is 11.3 Å². The van der Waals surface area contributed by atoms with Crippen LogP contribution in [-0.4, -0.2) is 4.98 Å². The van der Waals surface area contributed by atoms with E-state index in [2.05, 4.69) is 25.8 Å². The van der Waals surface area contributed by atoms with Crippen LogP contribution in [0.2, 0.25) is 0 Å². The summed E-state index contributed by atoms with van der Waals surface area (Å²) in [5, 5.41) is 0.421. The van der Waals surface area contributed by atoms with Crippen molar-refractivity contribution in [2.75, 3.05) is 5.73 Å². The number of nitrogens with zero attached hydrogens (tertiary/aromatic N) is 1. The zero-order valence-electron chi connectivity index (χ0n) is 9.89. The molecule has 2 rings (SSSR count). The zero-order valence-corrected chi connectivity index (χ0v) is 10.7. The molecule has 2 aromatic rings. The summed E-state index contributed by atoms with van der Waals surface area (Å²) < 4.78 is 14.6. The maximum absolute atomic E-state index is 13.7. The summed E-state index contributed by atoms with van der Waals surface area (Å²) in [4.78, 5) is 4.05. The van der Waals surface area contributed by atoms with Crippen molar-refractivity contribution in [2.24, 2.45) is 0 Å². The summed E-state index contributed by atoms with van der Waals surface area (Å²) in [5.41, 5.74) is 8.13. The minimum absolute atomic E-state index is 0.0327. The maximum atomic E-state index is 13.7. The number of thiazole rings is 1. The third kappa shape index (κ3) is 1.67. The molecule has 1 heterocycles. The molecule has 0 saturated carbocycles. The molecule has 0 atom stereocenters. The fourth-order valence-corrected chi connectivity index (χ4v) is 3.26. The number of hydrogen-bond acceptors (Lipinski definition) is 3. The molecule has 0 aliphatic rings. The van der Waals surface area contributed by atoms with Gasteiger partial charge in [-0.25, -0.2) is 9.37 Å². The van der Waals surface area contributed by atoms with Crippen molar-refractivity contribution in [3.8, 4) is 0 Å². The molecule has 86 valence electrons. The summed E-state index contributed by atoms with van der Waals surface area (Å²) in [6.07, 6.45) is 0. The van der Waals surface area contributed by atoms with Gasteiger partial charge in [-0.1, -0.05) is 32.1 Å². The highest BCUT2D eigenvalue weighted by Gasteiger charge is 2.23. The first-order valence-electron chi connectivity index (χ1n) is 5.16. The normalized spacial score (nSPS) is 12.3. The lowest BCUT2D eigenvalue weighted by Crippen LogP contribution is -2.13. The Labute approximate surface area is 98.3 Å². The molecule has 0 aliphatic carbocycles. The number of hydrogen-bond donors (Lipinski definition) is 1. The highest BCUT2D eigenvalue weighted by atomic mass is 32.1. The molecule has 2 nitrogen and oxygen atoms in total. The third-order valence-corrected chi connectivity index (χ3v) is 3.49. The van der Waals surface area contributed by atoms with Gasteiger partial charge in [0, 0.05) is 0 Å². The lowest BCUT2D eigenvalue weighted by Gasteiger charge is -2.22. The molecule has 16 heavy (non-hydrogen) atoms. The molecular weight excluding hydrogens is 223 g/mol. The third-order valence-electron chi connectivity index (χ3n) is 2.58. The fourth-order valence-electron chi connectivity index (χ4n) is 2.11. The minimum Gasteiger partial charge on any atom is -0.375 e. The van der Waals surface area contributed by atoms with Crippen LogP contribution in [0.5, 0.6) is 0 Å².